The molecule has 0 fully saturated rings. The molecule has 0 radical (unpaired) electrons. The second-order valence-electron chi connectivity index (χ2n) is 4.91. The van der Waals surface area contributed by atoms with Crippen molar-refractivity contribution in [3.63, 3.8) is 0 Å². The number of halogens is 2. The third kappa shape index (κ3) is 3.32. The fourth-order valence-electron chi connectivity index (χ4n) is 2.31. The van der Waals surface area contributed by atoms with Gasteiger partial charge in [-0.15, -0.1) is 11.8 Å². The molecule has 0 atom stereocenters. The van der Waals surface area contributed by atoms with E-state index in [4.69, 9.17) is 23.2 Å². The molecule has 0 saturated heterocycles. The second-order valence-corrected chi connectivity index (χ2v) is 6.58. The molecule has 0 aliphatic carbocycles. The van der Waals surface area contributed by atoms with Gasteiger partial charge in [0.25, 0.3) is 0 Å². The van der Waals surface area contributed by atoms with Crippen molar-refractivity contribution in [1.29, 1.82) is 0 Å². The van der Waals surface area contributed by atoms with E-state index < -0.39 is 0 Å². The van der Waals surface area contributed by atoms with E-state index in [-0.39, 0.29) is 5.78 Å². The maximum Gasteiger partial charge on any atom is 0.183 e. The molecule has 1 aliphatic heterocycles. The molecule has 3 rings (SSSR count). The van der Waals surface area contributed by atoms with Gasteiger partial charge < -0.3 is 4.90 Å². The Balaban J connectivity index is 1.78. The number of carbonyl (C=O) groups excluding carboxylic acids is 1. The Morgan fingerprint density at radius 2 is 1.91 bits per heavy atom. The van der Waals surface area contributed by atoms with Crippen molar-refractivity contribution in [3.8, 4) is 0 Å². The third-order valence-electron chi connectivity index (χ3n) is 3.40. The number of rotatable bonds is 4. The zero-order valence-electron chi connectivity index (χ0n) is 11.6. The molecule has 1 aliphatic rings. The van der Waals surface area contributed by atoms with Gasteiger partial charge in [0.15, 0.2) is 5.78 Å². The molecule has 5 heteroatoms. The topological polar surface area (TPSA) is 20.3 Å². The van der Waals surface area contributed by atoms with Crippen molar-refractivity contribution in [1.82, 2.24) is 4.90 Å². The lowest BCUT2D eigenvalue weighted by molar-refractivity contribution is 0.0966. The Morgan fingerprint density at radius 3 is 2.64 bits per heavy atom. The molecular formula is C17H13Cl2NOS. The van der Waals surface area contributed by atoms with Crippen molar-refractivity contribution in [2.75, 3.05) is 12.4 Å². The first-order valence-electron chi connectivity index (χ1n) is 6.75. The number of Topliss-reactive ketones (excluding diaryl/α,β-unsaturated/α-hetero) is 1. The number of nitrogens with zero attached hydrogens (tertiary/aromatic N) is 1. The van der Waals surface area contributed by atoms with E-state index in [1.54, 1.807) is 30.0 Å². The first kappa shape index (κ1) is 15.5. The summed E-state index contributed by atoms with van der Waals surface area (Å²) in [7, 11) is 0. The lowest BCUT2D eigenvalue weighted by Crippen LogP contribution is -2.26. The highest BCUT2D eigenvalue weighted by molar-refractivity contribution is 8.02. The molecule has 2 aromatic carbocycles. The highest BCUT2D eigenvalue weighted by atomic mass is 35.5. The van der Waals surface area contributed by atoms with Gasteiger partial charge in [-0.1, -0.05) is 53.5 Å². The van der Waals surface area contributed by atoms with Crippen LogP contribution in [0.5, 0.6) is 0 Å². The minimum Gasteiger partial charge on any atom is -0.353 e. The Hall–Kier alpha value is -1.42. The van der Waals surface area contributed by atoms with Crippen molar-refractivity contribution in [3.05, 3.63) is 75.1 Å². The standard InChI is InChI=1S/C17H13Cl2NOS/c18-13-6-7-14(15(19)8-13)17(21)9-20-11-22-10-16(20)12-4-2-1-3-5-12/h1-8,10H,9,11H2. The highest BCUT2D eigenvalue weighted by Crippen LogP contribution is 2.31. The molecule has 0 unspecified atom stereocenters. The second kappa shape index (κ2) is 6.78. The maximum absolute atomic E-state index is 12.5. The van der Waals surface area contributed by atoms with Crippen molar-refractivity contribution < 1.29 is 4.79 Å². The minimum atomic E-state index is -0.00834. The molecule has 0 amide bonds. The Bertz CT molecular complexity index is 731. The molecule has 2 nitrogen and oxygen atoms in total. The number of ketones is 1. The summed E-state index contributed by atoms with van der Waals surface area (Å²) in [6.07, 6.45) is 0. The average Bonchev–Trinajstić information content (AvgIpc) is 2.96. The minimum absolute atomic E-state index is 0.00834. The van der Waals surface area contributed by atoms with Crippen molar-refractivity contribution in [2.24, 2.45) is 0 Å². The van der Waals surface area contributed by atoms with E-state index in [0.29, 0.717) is 22.2 Å². The molecule has 0 aromatic heterocycles. The number of hydrogen-bond donors (Lipinski definition) is 0. The summed E-state index contributed by atoms with van der Waals surface area (Å²) in [4.78, 5) is 14.6. The fraction of sp³-hybridized carbons (Fsp3) is 0.118. The van der Waals surface area contributed by atoms with Crippen molar-refractivity contribution >= 4 is 46.4 Å². The van der Waals surface area contributed by atoms with Crippen LogP contribution in [-0.2, 0) is 0 Å². The highest BCUT2D eigenvalue weighted by Gasteiger charge is 2.21. The van der Waals surface area contributed by atoms with Crippen LogP contribution >= 0.6 is 35.0 Å². The average molecular weight is 350 g/mol. The number of carbonyl (C=O) groups is 1. The Labute approximate surface area is 143 Å². The number of thioether (sulfide) groups is 1. The lowest BCUT2D eigenvalue weighted by atomic mass is 10.1. The van der Waals surface area contributed by atoms with E-state index in [1.165, 1.54) is 0 Å². The predicted octanol–water partition coefficient (Wildman–Crippen LogP) is 5.18. The molecule has 112 valence electrons. The van der Waals surface area contributed by atoms with Gasteiger partial charge >= 0.3 is 0 Å². The molecule has 0 N–H and O–H groups in total. The van der Waals surface area contributed by atoms with Gasteiger partial charge in [-0.25, -0.2) is 0 Å². The van der Waals surface area contributed by atoms with E-state index in [1.807, 2.05) is 30.3 Å². The molecule has 0 bridgehead atoms. The first-order valence-corrected chi connectivity index (χ1v) is 8.56. The van der Waals surface area contributed by atoms with Crippen LogP contribution in [0.3, 0.4) is 0 Å². The summed E-state index contributed by atoms with van der Waals surface area (Å²) >= 11 is 13.7. The quantitative estimate of drug-likeness (QED) is 0.709. The SMILES string of the molecule is O=C(CN1CSC=C1c1ccccc1)c1ccc(Cl)cc1Cl. The maximum atomic E-state index is 12.5. The molecule has 0 spiro atoms. The van der Waals surface area contributed by atoms with Gasteiger partial charge in [0.1, 0.15) is 0 Å². The van der Waals surface area contributed by atoms with E-state index in [0.717, 1.165) is 17.1 Å². The molecule has 0 saturated carbocycles. The largest absolute Gasteiger partial charge is 0.353 e. The smallest absolute Gasteiger partial charge is 0.183 e. The summed E-state index contributed by atoms with van der Waals surface area (Å²) in [5.74, 6) is 0.757. The van der Waals surface area contributed by atoms with Crippen LogP contribution in [0, 0.1) is 0 Å². The zero-order valence-corrected chi connectivity index (χ0v) is 14.0. The molecule has 2 aromatic rings. The number of hydrogen-bond acceptors (Lipinski definition) is 3. The fourth-order valence-corrected chi connectivity index (χ4v) is 3.76. The Morgan fingerprint density at radius 1 is 1.14 bits per heavy atom. The molecular weight excluding hydrogens is 337 g/mol. The van der Waals surface area contributed by atoms with Gasteiger partial charge in [-0.3, -0.25) is 4.79 Å². The van der Waals surface area contributed by atoms with Crippen LogP contribution in [0.1, 0.15) is 15.9 Å². The van der Waals surface area contributed by atoms with Crippen molar-refractivity contribution in [2.45, 2.75) is 0 Å². The normalized spacial score (nSPS) is 14.1. The van der Waals surface area contributed by atoms with Crippen LogP contribution in [0.15, 0.2) is 53.9 Å². The molecule has 22 heavy (non-hydrogen) atoms. The van der Waals surface area contributed by atoms with Gasteiger partial charge in [0, 0.05) is 10.6 Å². The van der Waals surface area contributed by atoms with Gasteiger partial charge in [-0.2, -0.15) is 0 Å². The lowest BCUT2D eigenvalue weighted by Gasteiger charge is -2.21. The van der Waals surface area contributed by atoms with Gasteiger partial charge in [-0.05, 0) is 29.2 Å². The summed E-state index contributed by atoms with van der Waals surface area (Å²) < 4.78 is 0. The van der Waals surface area contributed by atoms with E-state index in [9.17, 15) is 4.79 Å². The van der Waals surface area contributed by atoms with Crippen LogP contribution in [0.2, 0.25) is 10.0 Å². The van der Waals surface area contributed by atoms with Crippen LogP contribution in [0.25, 0.3) is 5.70 Å². The summed E-state index contributed by atoms with van der Waals surface area (Å²) in [6.45, 7) is 0.301. The number of benzene rings is 2. The monoisotopic (exact) mass is 349 g/mol. The van der Waals surface area contributed by atoms with E-state index >= 15 is 0 Å². The van der Waals surface area contributed by atoms with Crippen LogP contribution in [0.4, 0.5) is 0 Å². The first-order chi connectivity index (χ1) is 10.6. The van der Waals surface area contributed by atoms with Gasteiger partial charge in [0.2, 0.25) is 0 Å². The van der Waals surface area contributed by atoms with E-state index in [2.05, 4.69) is 10.3 Å². The Kier molecular flexibility index (Phi) is 4.77. The predicted molar refractivity (Wildman–Crippen MR) is 94.4 cm³/mol. The zero-order chi connectivity index (χ0) is 15.5. The third-order valence-corrected chi connectivity index (χ3v) is 4.80. The summed E-state index contributed by atoms with van der Waals surface area (Å²) in [5, 5.41) is 3.02. The van der Waals surface area contributed by atoms with Crippen LogP contribution in [-0.4, -0.2) is 23.1 Å². The summed E-state index contributed by atoms with van der Waals surface area (Å²) in [5.41, 5.74) is 2.70. The van der Waals surface area contributed by atoms with Crippen LogP contribution < -0.4 is 0 Å². The summed E-state index contributed by atoms with van der Waals surface area (Å²) in [6, 6.07) is 15.0. The van der Waals surface area contributed by atoms with Gasteiger partial charge in [0.05, 0.1) is 23.1 Å². The molecule has 1 heterocycles.